The fraction of sp³-hybridized carbons (Fsp3) is 0.318. The lowest BCUT2D eigenvalue weighted by atomic mass is 10.2. The summed E-state index contributed by atoms with van der Waals surface area (Å²) in [7, 11) is 0. The first-order valence-corrected chi connectivity index (χ1v) is 9.21. The van der Waals surface area contributed by atoms with Gasteiger partial charge in [0.25, 0.3) is 0 Å². The summed E-state index contributed by atoms with van der Waals surface area (Å²) < 4.78 is 11.4. The molecule has 5 nitrogen and oxygen atoms in total. The van der Waals surface area contributed by atoms with Gasteiger partial charge in [0.2, 0.25) is 5.91 Å². The SMILES string of the molecule is C=C(C)COc1cccc(NCC(=O)Nc2ccccc2OCCCC)c1. The molecule has 0 saturated heterocycles. The summed E-state index contributed by atoms with van der Waals surface area (Å²) in [5.41, 5.74) is 2.45. The number of carbonyl (C=O) groups is 1. The van der Waals surface area contributed by atoms with Crippen molar-refractivity contribution in [1.82, 2.24) is 0 Å². The molecule has 0 fully saturated rings. The van der Waals surface area contributed by atoms with Crippen LogP contribution in [0.3, 0.4) is 0 Å². The zero-order chi connectivity index (χ0) is 19.5. The third-order valence-electron chi connectivity index (χ3n) is 3.69. The highest BCUT2D eigenvalue weighted by Gasteiger charge is 2.08. The van der Waals surface area contributed by atoms with Gasteiger partial charge in [0, 0.05) is 11.8 Å². The zero-order valence-electron chi connectivity index (χ0n) is 16.1. The van der Waals surface area contributed by atoms with Crippen molar-refractivity contribution in [3.05, 3.63) is 60.7 Å². The number of benzene rings is 2. The molecule has 0 radical (unpaired) electrons. The van der Waals surface area contributed by atoms with Crippen molar-refractivity contribution in [2.45, 2.75) is 26.7 Å². The number of unbranched alkanes of at least 4 members (excludes halogenated alkanes) is 1. The van der Waals surface area contributed by atoms with Crippen LogP contribution in [0, 0.1) is 0 Å². The highest BCUT2D eigenvalue weighted by molar-refractivity contribution is 5.95. The molecular weight excluding hydrogens is 340 g/mol. The van der Waals surface area contributed by atoms with E-state index in [1.54, 1.807) is 0 Å². The quantitative estimate of drug-likeness (QED) is 0.439. The summed E-state index contributed by atoms with van der Waals surface area (Å²) in [6, 6.07) is 15.0. The number of para-hydroxylation sites is 2. The standard InChI is InChI=1S/C22H28N2O3/c1-4-5-13-26-21-12-7-6-11-20(21)24-22(25)15-23-18-9-8-10-19(14-18)27-16-17(2)3/h6-12,14,23H,2,4-5,13,15-16H2,1,3H3,(H,24,25). The average Bonchev–Trinajstić information content (AvgIpc) is 2.67. The minimum Gasteiger partial charge on any atom is -0.491 e. The highest BCUT2D eigenvalue weighted by Crippen LogP contribution is 2.24. The highest BCUT2D eigenvalue weighted by atomic mass is 16.5. The number of rotatable bonds is 11. The largest absolute Gasteiger partial charge is 0.491 e. The molecule has 0 atom stereocenters. The topological polar surface area (TPSA) is 59.6 Å². The Morgan fingerprint density at radius 3 is 2.70 bits per heavy atom. The predicted octanol–water partition coefficient (Wildman–Crippen LogP) is 4.87. The van der Waals surface area contributed by atoms with Crippen molar-refractivity contribution in [3.63, 3.8) is 0 Å². The van der Waals surface area contributed by atoms with Gasteiger partial charge in [-0.25, -0.2) is 0 Å². The van der Waals surface area contributed by atoms with E-state index in [9.17, 15) is 4.79 Å². The second kappa shape index (κ2) is 10.9. The minimum atomic E-state index is -0.144. The van der Waals surface area contributed by atoms with Gasteiger partial charge in [-0.3, -0.25) is 4.79 Å². The van der Waals surface area contributed by atoms with Crippen LogP contribution in [-0.4, -0.2) is 25.7 Å². The molecule has 27 heavy (non-hydrogen) atoms. The molecule has 0 bridgehead atoms. The van der Waals surface area contributed by atoms with Gasteiger partial charge >= 0.3 is 0 Å². The van der Waals surface area contributed by atoms with Crippen LogP contribution in [0.5, 0.6) is 11.5 Å². The molecule has 0 unspecified atom stereocenters. The van der Waals surface area contributed by atoms with E-state index in [-0.39, 0.29) is 12.5 Å². The maximum atomic E-state index is 12.3. The molecule has 2 aromatic carbocycles. The third-order valence-corrected chi connectivity index (χ3v) is 3.69. The number of anilines is 2. The molecule has 0 saturated carbocycles. The van der Waals surface area contributed by atoms with Gasteiger partial charge in [-0.2, -0.15) is 0 Å². The van der Waals surface area contributed by atoms with Gasteiger partial charge < -0.3 is 20.1 Å². The van der Waals surface area contributed by atoms with Gasteiger partial charge in [-0.05, 0) is 43.2 Å². The van der Waals surface area contributed by atoms with Gasteiger partial charge in [-0.1, -0.05) is 38.1 Å². The molecule has 2 N–H and O–H groups in total. The van der Waals surface area contributed by atoms with Gasteiger partial charge in [-0.15, -0.1) is 0 Å². The molecule has 0 spiro atoms. The van der Waals surface area contributed by atoms with E-state index < -0.39 is 0 Å². The average molecular weight is 368 g/mol. The fourth-order valence-corrected chi connectivity index (χ4v) is 2.30. The van der Waals surface area contributed by atoms with Crippen LogP contribution in [-0.2, 0) is 4.79 Å². The molecule has 0 aromatic heterocycles. The molecule has 0 aliphatic heterocycles. The Labute approximate surface area is 161 Å². The summed E-state index contributed by atoms with van der Waals surface area (Å²) in [6.07, 6.45) is 2.04. The van der Waals surface area contributed by atoms with Gasteiger partial charge in [0.15, 0.2) is 0 Å². The van der Waals surface area contributed by atoms with Gasteiger partial charge in [0.1, 0.15) is 18.1 Å². The summed E-state index contributed by atoms with van der Waals surface area (Å²) in [5, 5.41) is 6.00. The Bertz CT molecular complexity index is 759. The van der Waals surface area contributed by atoms with E-state index >= 15 is 0 Å². The van der Waals surface area contributed by atoms with Crippen molar-refractivity contribution in [1.29, 1.82) is 0 Å². The summed E-state index contributed by atoms with van der Waals surface area (Å²) in [5.74, 6) is 1.28. The van der Waals surface area contributed by atoms with Crippen LogP contribution in [0.1, 0.15) is 26.7 Å². The fourth-order valence-electron chi connectivity index (χ4n) is 2.30. The number of ether oxygens (including phenoxy) is 2. The van der Waals surface area contributed by atoms with Crippen LogP contribution in [0.25, 0.3) is 0 Å². The van der Waals surface area contributed by atoms with E-state index in [0.717, 1.165) is 29.9 Å². The molecule has 0 heterocycles. The van der Waals surface area contributed by atoms with Crippen LogP contribution in [0.15, 0.2) is 60.7 Å². The first-order chi connectivity index (χ1) is 13.1. The lowest BCUT2D eigenvalue weighted by Gasteiger charge is -2.13. The normalized spacial score (nSPS) is 10.1. The first-order valence-electron chi connectivity index (χ1n) is 9.21. The van der Waals surface area contributed by atoms with Crippen LogP contribution < -0.4 is 20.1 Å². The third kappa shape index (κ3) is 7.44. The van der Waals surface area contributed by atoms with E-state index in [2.05, 4.69) is 24.1 Å². The summed E-state index contributed by atoms with van der Waals surface area (Å²) >= 11 is 0. The second-order valence-corrected chi connectivity index (χ2v) is 6.37. The smallest absolute Gasteiger partial charge is 0.243 e. The van der Waals surface area contributed by atoms with Crippen molar-refractivity contribution in [3.8, 4) is 11.5 Å². The van der Waals surface area contributed by atoms with Crippen LogP contribution >= 0.6 is 0 Å². The summed E-state index contributed by atoms with van der Waals surface area (Å²) in [6.45, 7) is 9.10. The lowest BCUT2D eigenvalue weighted by molar-refractivity contribution is -0.114. The van der Waals surface area contributed by atoms with Crippen molar-refractivity contribution >= 4 is 17.3 Å². The maximum absolute atomic E-state index is 12.3. The Morgan fingerprint density at radius 2 is 1.93 bits per heavy atom. The molecule has 0 aliphatic carbocycles. The van der Waals surface area contributed by atoms with E-state index in [4.69, 9.17) is 9.47 Å². The van der Waals surface area contributed by atoms with Crippen molar-refractivity contribution < 1.29 is 14.3 Å². The Morgan fingerprint density at radius 1 is 1.11 bits per heavy atom. The number of hydrogen-bond acceptors (Lipinski definition) is 4. The van der Waals surface area contributed by atoms with Crippen LogP contribution in [0.2, 0.25) is 0 Å². The summed E-state index contributed by atoms with van der Waals surface area (Å²) in [4.78, 5) is 12.3. The number of carbonyl (C=O) groups excluding carboxylic acids is 1. The molecule has 1 amide bonds. The predicted molar refractivity (Wildman–Crippen MR) is 111 cm³/mol. The van der Waals surface area contributed by atoms with Gasteiger partial charge in [0.05, 0.1) is 18.8 Å². The van der Waals surface area contributed by atoms with E-state index in [1.165, 1.54) is 0 Å². The molecule has 5 heteroatoms. The number of hydrogen-bond donors (Lipinski definition) is 2. The first kappa shape index (κ1) is 20.4. The molecule has 144 valence electrons. The van der Waals surface area contributed by atoms with Crippen molar-refractivity contribution in [2.24, 2.45) is 0 Å². The zero-order valence-corrected chi connectivity index (χ0v) is 16.1. The Kier molecular flexibility index (Phi) is 8.23. The molecule has 2 aromatic rings. The molecule has 0 aliphatic rings. The Balaban J connectivity index is 1.88. The molecule has 2 rings (SSSR count). The monoisotopic (exact) mass is 368 g/mol. The minimum absolute atomic E-state index is 0.144. The maximum Gasteiger partial charge on any atom is 0.243 e. The number of nitrogens with one attached hydrogen (secondary N) is 2. The molecular formula is C22H28N2O3. The second-order valence-electron chi connectivity index (χ2n) is 6.37. The van der Waals surface area contributed by atoms with E-state index in [0.29, 0.717) is 24.7 Å². The van der Waals surface area contributed by atoms with Crippen molar-refractivity contribution in [2.75, 3.05) is 30.4 Å². The number of amides is 1. The van der Waals surface area contributed by atoms with E-state index in [1.807, 2.05) is 55.5 Å². The Hall–Kier alpha value is -2.95. The van der Waals surface area contributed by atoms with Crippen LogP contribution in [0.4, 0.5) is 11.4 Å². The lowest BCUT2D eigenvalue weighted by Crippen LogP contribution is -2.22.